The molecule has 0 heterocycles. The van der Waals surface area contributed by atoms with Gasteiger partial charge in [-0.1, -0.05) is 44.3 Å². The molecule has 0 aliphatic heterocycles. The molecule has 0 fully saturated rings. The van der Waals surface area contributed by atoms with Crippen LogP contribution in [0.2, 0.25) is 0 Å². The molecule has 0 radical (unpaired) electrons. The summed E-state index contributed by atoms with van der Waals surface area (Å²) in [6, 6.07) is 0.705. The first-order valence-corrected chi connectivity index (χ1v) is 7.74. The standard InChI is InChI=1S/C16H31N/c1-3-4-5-7-10-15(2)17-14-13-16-11-8-6-9-12-16/h11,15,17H,3-10,12-14H2,1-2H3. The molecule has 0 aromatic heterocycles. The van der Waals surface area contributed by atoms with E-state index < -0.39 is 0 Å². The van der Waals surface area contributed by atoms with Gasteiger partial charge in [0.1, 0.15) is 0 Å². The SMILES string of the molecule is CCCCCCC(C)NCCC1=CCCCC1. The highest BCUT2D eigenvalue weighted by Crippen LogP contribution is 2.19. The zero-order valence-electron chi connectivity index (χ0n) is 11.9. The lowest BCUT2D eigenvalue weighted by Crippen LogP contribution is -2.27. The summed E-state index contributed by atoms with van der Waals surface area (Å²) in [6.07, 6.45) is 16.1. The maximum absolute atomic E-state index is 3.67. The van der Waals surface area contributed by atoms with E-state index in [0.717, 1.165) is 0 Å². The predicted octanol–water partition coefficient (Wildman–Crippen LogP) is 4.83. The average Bonchev–Trinajstić information content (AvgIpc) is 2.36. The van der Waals surface area contributed by atoms with Gasteiger partial charge >= 0.3 is 0 Å². The lowest BCUT2D eigenvalue weighted by Gasteiger charge is -2.16. The van der Waals surface area contributed by atoms with E-state index in [9.17, 15) is 0 Å². The second kappa shape index (κ2) is 9.70. The van der Waals surface area contributed by atoms with Crippen molar-refractivity contribution in [2.24, 2.45) is 0 Å². The Labute approximate surface area is 108 Å². The van der Waals surface area contributed by atoms with Crippen LogP contribution in [0.3, 0.4) is 0 Å². The van der Waals surface area contributed by atoms with Crippen LogP contribution in [0.4, 0.5) is 0 Å². The van der Waals surface area contributed by atoms with Crippen molar-refractivity contribution < 1.29 is 0 Å². The highest BCUT2D eigenvalue weighted by Gasteiger charge is 2.04. The fourth-order valence-corrected chi connectivity index (χ4v) is 2.59. The lowest BCUT2D eigenvalue weighted by atomic mass is 9.97. The summed E-state index contributed by atoms with van der Waals surface area (Å²) >= 11 is 0. The van der Waals surface area contributed by atoms with E-state index in [0.29, 0.717) is 6.04 Å². The van der Waals surface area contributed by atoms with Crippen LogP contribution >= 0.6 is 0 Å². The minimum atomic E-state index is 0.705. The largest absolute Gasteiger partial charge is 0.314 e. The zero-order valence-corrected chi connectivity index (χ0v) is 11.9. The van der Waals surface area contributed by atoms with Crippen molar-refractivity contribution in [3.05, 3.63) is 11.6 Å². The molecule has 1 rings (SSSR count). The van der Waals surface area contributed by atoms with E-state index in [2.05, 4.69) is 25.2 Å². The Hall–Kier alpha value is -0.300. The van der Waals surface area contributed by atoms with Gasteiger partial charge in [-0.15, -0.1) is 0 Å². The highest BCUT2D eigenvalue weighted by atomic mass is 14.9. The molecule has 1 aliphatic carbocycles. The highest BCUT2D eigenvalue weighted by molar-refractivity contribution is 5.05. The summed E-state index contributed by atoms with van der Waals surface area (Å²) in [6.45, 7) is 5.79. The van der Waals surface area contributed by atoms with Crippen LogP contribution in [0.1, 0.15) is 78.1 Å². The van der Waals surface area contributed by atoms with Gasteiger partial charge in [0.2, 0.25) is 0 Å². The third-order valence-corrected chi connectivity index (χ3v) is 3.81. The molecule has 0 spiro atoms. The summed E-state index contributed by atoms with van der Waals surface area (Å²) in [5.74, 6) is 0. The smallest absolute Gasteiger partial charge is 0.00388 e. The van der Waals surface area contributed by atoms with Gasteiger partial charge in [0.05, 0.1) is 0 Å². The van der Waals surface area contributed by atoms with E-state index in [1.165, 1.54) is 70.8 Å². The number of unbranched alkanes of at least 4 members (excludes halogenated alkanes) is 3. The second-order valence-electron chi connectivity index (χ2n) is 5.56. The first-order chi connectivity index (χ1) is 8.33. The monoisotopic (exact) mass is 237 g/mol. The van der Waals surface area contributed by atoms with Gasteiger partial charge in [0.25, 0.3) is 0 Å². The number of rotatable bonds is 9. The molecule has 17 heavy (non-hydrogen) atoms. The van der Waals surface area contributed by atoms with Crippen molar-refractivity contribution in [2.45, 2.75) is 84.1 Å². The van der Waals surface area contributed by atoms with Crippen molar-refractivity contribution in [3.63, 3.8) is 0 Å². The molecule has 0 bridgehead atoms. The van der Waals surface area contributed by atoms with E-state index in [4.69, 9.17) is 0 Å². The average molecular weight is 237 g/mol. The maximum atomic E-state index is 3.67. The van der Waals surface area contributed by atoms with Gasteiger partial charge in [0.15, 0.2) is 0 Å². The first kappa shape index (κ1) is 14.8. The van der Waals surface area contributed by atoms with Crippen molar-refractivity contribution >= 4 is 0 Å². The van der Waals surface area contributed by atoms with Gasteiger partial charge in [-0.25, -0.2) is 0 Å². The molecule has 1 unspecified atom stereocenters. The van der Waals surface area contributed by atoms with Crippen LogP contribution in [0.25, 0.3) is 0 Å². The Morgan fingerprint density at radius 2 is 2.12 bits per heavy atom. The number of hydrogen-bond donors (Lipinski definition) is 1. The van der Waals surface area contributed by atoms with E-state index >= 15 is 0 Å². The second-order valence-corrected chi connectivity index (χ2v) is 5.56. The minimum absolute atomic E-state index is 0.705. The van der Waals surface area contributed by atoms with Crippen molar-refractivity contribution in [2.75, 3.05) is 6.54 Å². The van der Waals surface area contributed by atoms with Crippen LogP contribution in [-0.4, -0.2) is 12.6 Å². The van der Waals surface area contributed by atoms with Crippen molar-refractivity contribution in [3.8, 4) is 0 Å². The van der Waals surface area contributed by atoms with Gasteiger partial charge in [-0.2, -0.15) is 0 Å². The third-order valence-electron chi connectivity index (χ3n) is 3.81. The molecular formula is C16H31N. The molecule has 0 saturated heterocycles. The summed E-state index contributed by atoms with van der Waals surface area (Å²) < 4.78 is 0. The van der Waals surface area contributed by atoms with Crippen molar-refractivity contribution in [1.82, 2.24) is 5.32 Å². The molecule has 1 atom stereocenters. The number of hydrogen-bond acceptors (Lipinski definition) is 1. The summed E-state index contributed by atoms with van der Waals surface area (Å²) in [5, 5.41) is 3.67. The predicted molar refractivity (Wildman–Crippen MR) is 77.4 cm³/mol. The van der Waals surface area contributed by atoms with Crippen LogP contribution in [0.15, 0.2) is 11.6 Å². The molecular weight excluding hydrogens is 206 g/mol. The van der Waals surface area contributed by atoms with Crippen LogP contribution in [-0.2, 0) is 0 Å². The number of allylic oxidation sites excluding steroid dienone is 1. The lowest BCUT2D eigenvalue weighted by molar-refractivity contribution is 0.482. The summed E-state index contributed by atoms with van der Waals surface area (Å²) in [7, 11) is 0. The molecule has 0 saturated carbocycles. The Morgan fingerprint density at radius 3 is 2.82 bits per heavy atom. The van der Waals surface area contributed by atoms with Crippen LogP contribution in [0, 0.1) is 0 Å². The molecule has 0 amide bonds. The summed E-state index contributed by atoms with van der Waals surface area (Å²) in [5.41, 5.74) is 1.70. The molecule has 0 aromatic carbocycles. The van der Waals surface area contributed by atoms with Crippen LogP contribution in [0.5, 0.6) is 0 Å². The Kier molecular flexibility index (Phi) is 8.42. The Bertz CT molecular complexity index is 208. The Morgan fingerprint density at radius 1 is 1.24 bits per heavy atom. The van der Waals surface area contributed by atoms with E-state index in [1.807, 2.05) is 0 Å². The normalized spacial score (nSPS) is 17.9. The van der Waals surface area contributed by atoms with Gasteiger partial charge < -0.3 is 5.32 Å². The molecule has 100 valence electrons. The summed E-state index contributed by atoms with van der Waals surface area (Å²) in [4.78, 5) is 0. The fourth-order valence-electron chi connectivity index (χ4n) is 2.59. The molecule has 0 aromatic rings. The molecule has 1 N–H and O–H groups in total. The van der Waals surface area contributed by atoms with Gasteiger partial charge in [0, 0.05) is 6.04 Å². The third kappa shape index (κ3) is 7.59. The fraction of sp³-hybridized carbons (Fsp3) is 0.875. The molecule has 1 aliphatic rings. The Balaban J connectivity index is 1.95. The van der Waals surface area contributed by atoms with Crippen molar-refractivity contribution in [1.29, 1.82) is 0 Å². The topological polar surface area (TPSA) is 12.0 Å². The molecule has 1 nitrogen and oxygen atoms in total. The maximum Gasteiger partial charge on any atom is 0.00388 e. The van der Waals surface area contributed by atoms with Crippen LogP contribution < -0.4 is 5.32 Å². The zero-order chi connectivity index (χ0) is 12.3. The van der Waals surface area contributed by atoms with E-state index in [-0.39, 0.29) is 0 Å². The minimum Gasteiger partial charge on any atom is -0.314 e. The van der Waals surface area contributed by atoms with E-state index in [1.54, 1.807) is 5.57 Å². The van der Waals surface area contributed by atoms with Gasteiger partial charge in [-0.05, 0) is 52.0 Å². The molecule has 1 heteroatoms. The van der Waals surface area contributed by atoms with Gasteiger partial charge in [-0.3, -0.25) is 0 Å². The first-order valence-electron chi connectivity index (χ1n) is 7.74. The number of nitrogens with one attached hydrogen (secondary N) is 1. The quantitative estimate of drug-likeness (QED) is 0.447.